The van der Waals surface area contributed by atoms with Gasteiger partial charge in [0, 0.05) is 37.2 Å². The molecular formula is C24H30Cl2N4O5. The molecule has 0 bridgehead atoms. The van der Waals surface area contributed by atoms with Gasteiger partial charge in [0.05, 0.1) is 28.9 Å². The summed E-state index contributed by atoms with van der Waals surface area (Å²) in [5.41, 5.74) is 1.59. The van der Waals surface area contributed by atoms with E-state index in [1.54, 1.807) is 49.4 Å². The second-order valence-electron chi connectivity index (χ2n) is 9.11. The van der Waals surface area contributed by atoms with Crippen LogP contribution < -0.4 is 5.32 Å². The summed E-state index contributed by atoms with van der Waals surface area (Å²) in [7, 11) is 0. The van der Waals surface area contributed by atoms with Crippen molar-refractivity contribution in [3.8, 4) is 0 Å². The standard InChI is InChI=1S/C24H30Cl2N4O5/c1-5-34-22(32)20-16-14-29(21(31)15-7-8-17(25)18(26)13-15)12-9-19(16)28-30(20)11-6-10-27-23(33)35-24(2,3)4/h7-8,13H,5-6,9-12,14H2,1-4H3,(H,27,33). The lowest BCUT2D eigenvalue weighted by Crippen LogP contribution is -2.36. The van der Waals surface area contributed by atoms with Crippen molar-refractivity contribution >= 4 is 41.2 Å². The number of aromatic nitrogens is 2. The third kappa shape index (κ3) is 6.89. The monoisotopic (exact) mass is 524 g/mol. The molecule has 2 aromatic rings. The van der Waals surface area contributed by atoms with Gasteiger partial charge >= 0.3 is 12.1 Å². The number of nitrogens with one attached hydrogen (secondary N) is 1. The van der Waals surface area contributed by atoms with Crippen molar-refractivity contribution in [1.29, 1.82) is 0 Å². The predicted octanol–water partition coefficient (Wildman–Crippen LogP) is 4.48. The quantitative estimate of drug-likeness (QED) is 0.423. The average Bonchev–Trinajstić information content (AvgIpc) is 3.14. The third-order valence-corrected chi connectivity index (χ3v) is 5.98. The fraction of sp³-hybridized carbons (Fsp3) is 0.500. The minimum atomic E-state index is -0.581. The van der Waals surface area contributed by atoms with Crippen LogP contribution in [-0.2, 0) is 29.0 Å². The molecule has 1 aromatic carbocycles. The highest BCUT2D eigenvalue weighted by molar-refractivity contribution is 6.42. The number of ether oxygens (including phenoxy) is 2. The summed E-state index contributed by atoms with van der Waals surface area (Å²) >= 11 is 12.1. The summed E-state index contributed by atoms with van der Waals surface area (Å²) in [6.45, 7) is 8.73. The lowest BCUT2D eigenvalue weighted by atomic mass is 10.0. The molecule has 0 atom stereocenters. The van der Waals surface area contributed by atoms with Gasteiger partial charge in [0.2, 0.25) is 0 Å². The number of rotatable bonds is 7. The zero-order chi connectivity index (χ0) is 25.8. The number of benzene rings is 1. The maximum Gasteiger partial charge on any atom is 0.407 e. The van der Waals surface area contributed by atoms with Crippen LogP contribution in [-0.4, -0.2) is 57.9 Å². The molecule has 0 unspecified atom stereocenters. The van der Waals surface area contributed by atoms with E-state index in [0.717, 1.165) is 5.69 Å². The van der Waals surface area contributed by atoms with Crippen LogP contribution in [0.4, 0.5) is 4.79 Å². The number of carbonyl (C=O) groups excluding carboxylic acids is 3. The highest BCUT2D eigenvalue weighted by Crippen LogP contribution is 2.27. The van der Waals surface area contributed by atoms with E-state index < -0.39 is 17.7 Å². The third-order valence-electron chi connectivity index (χ3n) is 5.24. The molecule has 0 radical (unpaired) electrons. The molecule has 3 rings (SSSR count). The Morgan fingerprint density at radius 1 is 1.17 bits per heavy atom. The van der Waals surface area contributed by atoms with Crippen LogP contribution in [0.5, 0.6) is 0 Å². The van der Waals surface area contributed by atoms with Crippen LogP contribution in [0, 0.1) is 0 Å². The van der Waals surface area contributed by atoms with Crippen molar-refractivity contribution < 1.29 is 23.9 Å². The number of aryl methyl sites for hydroxylation is 1. The van der Waals surface area contributed by atoms with E-state index in [0.29, 0.717) is 59.3 Å². The first-order chi connectivity index (χ1) is 16.5. The van der Waals surface area contributed by atoms with Gasteiger partial charge in [0.15, 0.2) is 5.69 Å². The molecule has 11 heteroatoms. The molecule has 1 N–H and O–H groups in total. The normalized spacial score (nSPS) is 13.3. The first-order valence-electron chi connectivity index (χ1n) is 11.5. The number of halogens is 2. The SMILES string of the molecule is CCOC(=O)c1c2c(nn1CCCNC(=O)OC(C)(C)C)CCN(C(=O)c1ccc(Cl)c(Cl)c1)C2. The molecule has 1 aliphatic rings. The molecular weight excluding hydrogens is 495 g/mol. The molecule has 35 heavy (non-hydrogen) atoms. The highest BCUT2D eigenvalue weighted by atomic mass is 35.5. The summed E-state index contributed by atoms with van der Waals surface area (Å²) in [5, 5.41) is 7.99. The first kappa shape index (κ1) is 26.8. The Morgan fingerprint density at radius 3 is 2.57 bits per heavy atom. The molecule has 0 saturated heterocycles. The first-order valence-corrected chi connectivity index (χ1v) is 12.2. The van der Waals surface area contributed by atoms with Crippen molar-refractivity contribution in [1.82, 2.24) is 20.0 Å². The van der Waals surface area contributed by atoms with Gasteiger partial charge in [-0.15, -0.1) is 0 Å². The molecule has 2 heterocycles. The minimum Gasteiger partial charge on any atom is -0.461 e. The van der Waals surface area contributed by atoms with Crippen molar-refractivity contribution in [2.24, 2.45) is 0 Å². The van der Waals surface area contributed by atoms with Gasteiger partial charge in [-0.1, -0.05) is 23.2 Å². The Hall–Kier alpha value is -2.78. The van der Waals surface area contributed by atoms with Gasteiger partial charge in [0.25, 0.3) is 5.91 Å². The summed E-state index contributed by atoms with van der Waals surface area (Å²) in [4.78, 5) is 39.4. The van der Waals surface area contributed by atoms with E-state index in [4.69, 9.17) is 32.7 Å². The van der Waals surface area contributed by atoms with Crippen LogP contribution in [0.15, 0.2) is 18.2 Å². The number of nitrogens with zero attached hydrogens (tertiary/aromatic N) is 3. The van der Waals surface area contributed by atoms with Crippen LogP contribution in [0.3, 0.4) is 0 Å². The van der Waals surface area contributed by atoms with E-state index in [1.807, 2.05) is 0 Å². The lowest BCUT2D eigenvalue weighted by molar-refractivity contribution is 0.0498. The van der Waals surface area contributed by atoms with Gasteiger partial charge in [-0.05, 0) is 52.3 Å². The lowest BCUT2D eigenvalue weighted by Gasteiger charge is -2.27. The molecule has 0 spiro atoms. The van der Waals surface area contributed by atoms with Crippen LogP contribution >= 0.6 is 23.2 Å². The molecule has 0 saturated carbocycles. The zero-order valence-electron chi connectivity index (χ0n) is 20.3. The van der Waals surface area contributed by atoms with Gasteiger partial charge in [-0.25, -0.2) is 9.59 Å². The van der Waals surface area contributed by atoms with Crippen LogP contribution in [0.1, 0.15) is 66.2 Å². The Kier molecular flexibility index (Phi) is 8.66. The number of fused-ring (bicyclic) bond motifs is 1. The zero-order valence-corrected chi connectivity index (χ0v) is 21.8. The molecule has 9 nitrogen and oxygen atoms in total. The van der Waals surface area contributed by atoms with Crippen LogP contribution in [0.2, 0.25) is 10.0 Å². The van der Waals surface area contributed by atoms with Crippen molar-refractivity contribution in [3.63, 3.8) is 0 Å². The molecule has 0 fully saturated rings. The number of hydrogen-bond donors (Lipinski definition) is 1. The molecule has 2 amide bonds. The number of alkyl carbamates (subject to hydrolysis) is 1. The van der Waals surface area contributed by atoms with Gasteiger partial charge in [-0.2, -0.15) is 5.10 Å². The van der Waals surface area contributed by atoms with E-state index in [9.17, 15) is 14.4 Å². The largest absolute Gasteiger partial charge is 0.461 e. The second-order valence-corrected chi connectivity index (χ2v) is 9.92. The average molecular weight is 525 g/mol. The minimum absolute atomic E-state index is 0.210. The fourth-order valence-corrected chi connectivity index (χ4v) is 4.03. The molecule has 190 valence electrons. The van der Waals surface area contributed by atoms with Gasteiger partial charge in [0.1, 0.15) is 5.60 Å². The van der Waals surface area contributed by atoms with Crippen molar-refractivity contribution in [2.45, 2.75) is 59.2 Å². The van der Waals surface area contributed by atoms with Crippen molar-refractivity contribution in [2.75, 3.05) is 19.7 Å². The Bertz CT molecular complexity index is 1110. The Balaban J connectivity index is 1.74. The smallest absolute Gasteiger partial charge is 0.407 e. The second kappa shape index (κ2) is 11.3. The van der Waals surface area contributed by atoms with E-state index in [2.05, 4.69) is 10.4 Å². The number of carbonyl (C=O) groups is 3. The Labute approximate surface area is 214 Å². The Morgan fingerprint density at radius 2 is 1.91 bits per heavy atom. The highest BCUT2D eigenvalue weighted by Gasteiger charge is 2.31. The van der Waals surface area contributed by atoms with Crippen LogP contribution in [0.25, 0.3) is 0 Å². The maximum atomic E-state index is 13.1. The van der Waals surface area contributed by atoms with Gasteiger partial charge < -0.3 is 19.7 Å². The number of amides is 2. The summed E-state index contributed by atoms with van der Waals surface area (Å²) in [6.07, 6.45) is 0.523. The van der Waals surface area contributed by atoms with E-state index in [-0.39, 0.29) is 19.1 Å². The fourth-order valence-electron chi connectivity index (χ4n) is 3.73. The summed E-state index contributed by atoms with van der Waals surface area (Å²) in [5.74, 6) is -0.705. The summed E-state index contributed by atoms with van der Waals surface area (Å²) < 4.78 is 12.1. The van der Waals surface area contributed by atoms with Crippen molar-refractivity contribution in [3.05, 3.63) is 50.8 Å². The van der Waals surface area contributed by atoms with E-state index in [1.165, 1.54) is 6.07 Å². The summed E-state index contributed by atoms with van der Waals surface area (Å²) in [6, 6.07) is 4.74. The predicted molar refractivity (Wildman–Crippen MR) is 132 cm³/mol. The molecule has 1 aliphatic heterocycles. The van der Waals surface area contributed by atoms with E-state index >= 15 is 0 Å². The molecule has 1 aromatic heterocycles. The number of hydrogen-bond acceptors (Lipinski definition) is 6. The molecule has 0 aliphatic carbocycles. The van der Waals surface area contributed by atoms with Gasteiger partial charge in [-0.3, -0.25) is 9.48 Å². The number of esters is 1. The topological polar surface area (TPSA) is 103 Å². The maximum absolute atomic E-state index is 13.1.